The second-order valence-corrected chi connectivity index (χ2v) is 8.37. The van der Waals surface area contributed by atoms with E-state index in [1.165, 1.54) is 12.1 Å². The number of halogens is 1. The van der Waals surface area contributed by atoms with E-state index in [9.17, 15) is 4.39 Å². The van der Waals surface area contributed by atoms with Crippen molar-refractivity contribution in [1.82, 2.24) is 14.6 Å². The number of ether oxygens (including phenoxy) is 2. The largest absolute Gasteiger partial charge is 0.497 e. The van der Waals surface area contributed by atoms with Crippen LogP contribution in [0.5, 0.6) is 5.75 Å². The van der Waals surface area contributed by atoms with E-state index < -0.39 is 0 Å². The van der Waals surface area contributed by atoms with E-state index >= 15 is 0 Å². The minimum Gasteiger partial charge on any atom is -0.497 e. The summed E-state index contributed by atoms with van der Waals surface area (Å²) in [5.74, 6) is 1.58. The molecule has 3 heterocycles. The van der Waals surface area contributed by atoms with E-state index in [1.54, 1.807) is 7.11 Å². The minimum atomic E-state index is -0.232. The monoisotopic (exact) mass is 446 g/mol. The molecule has 0 aliphatic carbocycles. The van der Waals surface area contributed by atoms with Crippen molar-refractivity contribution >= 4 is 11.5 Å². The van der Waals surface area contributed by atoms with Crippen molar-refractivity contribution in [3.05, 3.63) is 76.4 Å². The van der Waals surface area contributed by atoms with Gasteiger partial charge in [0, 0.05) is 24.2 Å². The van der Waals surface area contributed by atoms with Crippen molar-refractivity contribution < 1.29 is 13.9 Å². The molecule has 7 heteroatoms. The molecule has 2 aromatic heterocycles. The first-order chi connectivity index (χ1) is 16.0. The lowest BCUT2D eigenvalue weighted by molar-refractivity contribution is 0.133. The van der Waals surface area contributed by atoms with E-state index in [1.807, 2.05) is 35.7 Å². The molecule has 170 valence electrons. The zero-order valence-corrected chi connectivity index (χ0v) is 19.4. The van der Waals surface area contributed by atoms with Crippen LogP contribution in [0.15, 0.2) is 42.5 Å². The molecule has 0 atom stereocenters. The number of aromatic nitrogens is 3. The predicted molar refractivity (Wildman–Crippen MR) is 126 cm³/mol. The molecule has 0 saturated carbocycles. The van der Waals surface area contributed by atoms with Crippen molar-refractivity contribution in [1.29, 1.82) is 0 Å². The number of methoxy groups -OCH3 is 1. The third-order valence-corrected chi connectivity index (χ3v) is 6.25. The molecule has 0 amide bonds. The van der Waals surface area contributed by atoms with Crippen LogP contribution in [0.1, 0.15) is 35.0 Å². The summed E-state index contributed by atoms with van der Waals surface area (Å²) in [6, 6.07) is 12.7. The number of benzene rings is 2. The minimum absolute atomic E-state index is 0.232. The van der Waals surface area contributed by atoms with E-state index in [4.69, 9.17) is 19.6 Å². The van der Waals surface area contributed by atoms with Gasteiger partial charge in [0.2, 0.25) is 0 Å². The van der Waals surface area contributed by atoms with Crippen molar-refractivity contribution in [2.45, 2.75) is 40.5 Å². The highest BCUT2D eigenvalue weighted by molar-refractivity contribution is 5.83. The fraction of sp³-hybridized carbons (Fsp3) is 0.308. The van der Waals surface area contributed by atoms with Crippen LogP contribution in [0.3, 0.4) is 0 Å². The first-order valence-electron chi connectivity index (χ1n) is 11.1. The lowest BCUT2D eigenvalue weighted by atomic mass is 10.0. The standard InChI is InChI=1S/C26H27FN4O2/c1-5-30(13-18-6-8-19(27)9-7-18)26-22-14-33-15-23(22)28-25-24(17(3)29-31(25)26)21-11-10-20(32-4)12-16(21)2/h6-12H,5,13-15H2,1-4H3. The Hall–Kier alpha value is -3.45. The maximum atomic E-state index is 13.4. The quantitative estimate of drug-likeness (QED) is 0.407. The zero-order valence-electron chi connectivity index (χ0n) is 19.4. The zero-order chi connectivity index (χ0) is 23.1. The van der Waals surface area contributed by atoms with E-state index in [-0.39, 0.29) is 5.82 Å². The number of rotatable bonds is 6. The molecular formula is C26H27FN4O2. The van der Waals surface area contributed by atoms with Crippen LogP contribution in [-0.4, -0.2) is 28.3 Å². The van der Waals surface area contributed by atoms with Gasteiger partial charge in [0.05, 0.1) is 31.7 Å². The Morgan fingerprint density at radius 1 is 1.12 bits per heavy atom. The number of nitrogens with zero attached hydrogens (tertiary/aromatic N) is 4. The predicted octanol–water partition coefficient (Wildman–Crippen LogP) is 5.22. The van der Waals surface area contributed by atoms with Crippen LogP contribution in [0, 0.1) is 19.7 Å². The van der Waals surface area contributed by atoms with Gasteiger partial charge in [-0.2, -0.15) is 9.61 Å². The lowest BCUT2D eigenvalue weighted by Crippen LogP contribution is -2.26. The van der Waals surface area contributed by atoms with Gasteiger partial charge in [0.25, 0.3) is 0 Å². The van der Waals surface area contributed by atoms with Gasteiger partial charge in [-0.1, -0.05) is 18.2 Å². The van der Waals surface area contributed by atoms with Crippen molar-refractivity contribution in [3.63, 3.8) is 0 Å². The maximum Gasteiger partial charge on any atom is 0.165 e. The molecule has 0 N–H and O–H groups in total. The molecular weight excluding hydrogens is 419 g/mol. The van der Waals surface area contributed by atoms with Crippen LogP contribution in [-0.2, 0) is 24.5 Å². The second-order valence-electron chi connectivity index (χ2n) is 8.37. The molecule has 0 spiro atoms. The Bertz CT molecular complexity index is 1330. The summed E-state index contributed by atoms with van der Waals surface area (Å²) in [4.78, 5) is 7.26. The number of aryl methyl sites for hydroxylation is 2. The van der Waals surface area contributed by atoms with Gasteiger partial charge in [-0.25, -0.2) is 9.37 Å². The molecule has 0 radical (unpaired) electrons. The molecule has 33 heavy (non-hydrogen) atoms. The molecule has 6 nitrogen and oxygen atoms in total. The Balaban J connectivity index is 1.69. The van der Waals surface area contributed by atoms with Gasteiger partial charge in [0.1, 0.15) is 17.4 Å². The molecule has 1 aliphatic rings. The first kappa shape index (κ1) is 21.4. The molecule has 0 unspecified atom stereocenters. The highest BCUT2D eigenvalue weighted by Gasteiger charge is 2.27. The van der Waals surface area contributed by atoms with Gasteiger partial charge >= 0.3 is 0 Å². The first-order valence-corrected chi connectivity index (χ1v) is 11.1. The lowest BCUT2D eigenvalue weighted by Gasteiger charge is -2.26. The molecule has 5 rings (SSSR count). The van der Waals surface area contributed by atoms with Crippen LogP contribution >= 0.6 is 0 Å². The number of anilines is 1. The summed E-state index contributed by atoms with van der Waals surface area (Å²) in [6.07, 6.45) is 0. The van der Waals surface area contributed by atoms with E-state index in [0.717, 1.165) is 63.0 Å². The normalized spacial score (nSPS) is 12.9. The smallest absolute Gasteiger partial charge is 0.165 e. The summed E-state index contributed by atoms with van der Waals surface area (Å²) in [5.41, 5.74) is 7.98. The Morgan fingerprint density at radius 2 is 1.91 bits per heavy atom. The topological polar surface area (TPSA) is 51.9 Å². The maximum absolute atomic E-state index is 13.4. The van der Waals surface area contributed by atoms with E-state index in [2.05, 4.69) is 24.8 Å². The fourth-order valence-electron chi connectivity index (χ4n) is 4.57. The summed E-state index contributed by atoms with van der Waals surface area (Å²) in [7, 11) is 1.67. The molecule has 0 saturated heterocycles. The van der Waals surface area contributed by atoms with Gasteiger partial charge in [-0.05, 0) is 61.7 Å². The summed E-state index contributed by atoms with van der Waals surface area (Å²) < 4.78 is 26.6. The van der Waals surface area contributed by atoms with E-state index in [0.29, 0.717) is 19.8 Å². The second kappa shape index (κ2) is 8.48. The molecule has 1 aliphatic heterocycles. The van der Waals surface area contributed by atoms with Gasteiger partial charge < -0.3 is 14.4 Å². The molecule has 4 aromatic rings. The summed E-state index contributed by atoms with van der Waals surface area (Å²) in [6.45, 7) is 8.60. The SMILES string of the molecule is CCN(Cc1ccc(F)cc1)c1c2c(nc3c(-c4ccc(OC)cc4C)c(C)nn13)COC2. The van der Waals surface area contributed by atoms with Gasteiger partial charge in [-0.3, -0.25) is 0 Å². The number of fused-ring (bicyclic) bond motifs is 2. The molecule has 0 fully saturated rings. The molecule has 0 bridgehead atoms. The summed E-state index contributed by atoms with van der Waals surface area (Å²) >= 11 is 0. The third-order valence-electron chi connectivity index (χ3n) is 6.25. The summed E-state index contributed by atoms with van der Waals surface area (Å²) in [5, 5.41) is 4.94. The highest BCUT2D eigenvalue weighted by Crippen LogP contribution is 2.37. The van der Waals surface area contributed by atoms with Crippen LogP contribution in [0.4, 0.5) is 10.2 Å². The fourth-order valence-corrected chi connectivity index (χ4v) is 4.57. The van der Waals surface area contributed by atoms with Crippen molar-refractivity contribution in [2.75, 3.05) is 18.6 Å². The van der Waals surface area contributed by atoms with Crippen molar-refractivity contribution in [3.8, 4) is 16.9 Å². The number of hydrogen-bond acceptors (Lipinski definition) is 5. The average Bonchev–Trinajstić information content (AvgIpc) is 3.41. The average molecular weight is 447 g/mol. The van der Waals surface area contributed by atoms with Crippen molar-refractivity contribution in [2.24, 2.45) is 0 Å². The van der Waals surface area contributed by atoms with Crippen LogP contribution < -0.4 is 9.64 Å². The van der Waals surface area contributed by atoms with Crippen LogP contribution in [0.25, 0.3) is 16.8 Å². The van der Waals surface area contributed by atoms with Gasteiger partial charge in [-0.15, -0.1) is 0 Å². The van der Waals surface area contributed by atoms with Crippen LogP contribution in [0.2, 0.25) is 0 Å². The van der Waals surface area contributed by atoms with Gasteiger partial charge in [0.15, 0.2) is 5.65 Å². The highest BCUT2D eigenvalue weighted by atomic mass is 19.1. The third kappa shape index (κ3) is 3.72. The number of hydrogen-bond donors (Lipinski definition) is 0. The molecule has 2 aromatic carbocycles. The Kier molecular flexibility index (Phi) is 5.50. The Morgan fingerprint density at radius 3 is 2.61 bits per heavy atom. The Labute approximate surface area is 192 Å².